The van der Waals surface area contributed by atoms with Crippen LogP contribution in [0, 0.1) is 5.82 Å². The lowest BCUT2D eigenvalue weighted by molar-refractivity contribution is 0.632. The van der Waals surface area contributed by atoms with Crippen molar-refractivity contribution in [3.8, 4) is 0 Å². The third kappa shape index (κ3) is 2.51. The van der Waals surface area contributed by atoms with E-state index in [1.807, 2.05) is 18.2 Å². The Morgan fingerprint density at radius 3 is 2.70 bits per heavy atom. The van der Waals surface area contributed by atoms with Crippen LogP contribution in [0.15, 0.2) is 48.5 Å². The molecule has 5 heteroatoms. The summed E-state index contributed by atoms with van der Waals surface area (Å²) in [4.78, 5) is 4.41. The maximum absolute atomic E-state index is 13.7. The minimum absolute atomic E-state index is 0.330. The Balaban J connectivity index is 1.96. The molecule has 0 aliphatic heterocycles. The summed E-state index contributed by atoms with van der Waals surface area (Å²) in [6.07, 6.45) is 0. The number of nitrogen functional groups attached to an aromatic ring is 1. The van der Waals surface area contributed by atoms with Crippen molar-refractivity contribution in [1.82, 2.24) is 4.98 Å². The van der Waals surface area contributed by atoms with Gasteiger partial charge in [0.2, 0.25) is 0 Å². The first-order valence-corrected chi connectivity index (χ1v) is 6.38. The van der Waals surface area contributed by atoms with Crippen LogP contribution in [-0.4, -0.2) is 4.98 Å². The maximum atomic E-state index is 13.7. The number of benzene rings is 2. The summed E-state index contributed by atoms with van der Waals surface area (Å²) in [6.45, 7) is 0. The lowest BCUT2D eigenvalue weighted by atomic mass is 10.2. The fourth-order valence-corrected chi connectivity index (χ4v) is 2.10. The van der Waals surface area contributed by atoms with E-state index in [9.17, 15) is 4.39 Å². The molecular weight excluding hydrogens is 277 g/mol. The minimum atomic E-state index is -0.420. The van der Waals surface area contributed by atoms with E-state index >= 15 is 0 Å². The number of nitrogens with one attached hydrogen (secondary N) is 1. The fourth-order valence-electron chi connectivity index (χ4n) is 1.94. The number of hydrogen-bond acceptors (Lipinski definition) is 3. The standard InChI is InChI=1S/C15H11ClFN3/c16-10-2-4-14(12(17)8-10)20-15-6-1-9-7-11(18)3-5-13(9)19-15/h1-8H,18H2,(H,19,20). The van der Waals surface area contributed by atoms with E-state index in [0.29, 0.717) is 22.2 Å². The van der Waals surface area contributed by atoms with E-state index in [-0.39, 0.29) is 0 Å². The highest BCUT2D eigenvalue weighted by molar-refractivity contribution is 6.30. The summed E-state index contributed by atoms with van der Waals surface area (Å²) in [5.74, 6) is 0.139. The van der Waals surface area contributed by atoms with Gasteiger partial charge in [-0.25, -0.2) is 9.37 Å². The predicted octanol–water partition coefficient (Wildman–Crippen LogP) is 4.35. The molecule has 0 atom stereocenters. The molecule has 3 N–H and O–H groups in total. The first-order chi connectivity index (χ1) is 9.61. The van der Waals surface area contributed by atoms with Gasteiger partial charge in [-0.2, -0.15) is 0 Å². The number of pyridine rings is 1. The average Bonchev–Trinajstić information content (AvgIpc) is 2.42. The molecule has 0 saturated carbocycles. The first-order valence-electron chi connectivity index (χ1n) is 6.00. The molecule has 3 nitrogen and oxygen atoms in total. The lowest BCUT2D eigenvalue weighted by Gasteiger charge is -2.08. The molecular formula is C15H11ClFN3. The Morgan fingerprint density at radius 2 is 1.90 bits per heavy atom. The molecule has 100 valence electrons. The summed E-state index contributed by atoms with van der Waals surface area (Å²) in [5, 5.41) is 4.22. The highest BCUT2D eigenvalue weighted by atomic mass is 35.5. The SMILES string of the molecule is Nc1ccc2nc(Nc3ccc(Cl)cc3F)ccc2c1. The number of hydrogen-bond donors (Lipinski definition) is 2. The molecule has 1 heterocycles. The van der Waals surface area contributed by atoms with Gasteiger partial charge >= 0.3 is 0 Å². The monoisotopic (exact) mass is 287 g/mol. The number of halogens is 2. The van der Waals surface area contributed by atoms with Gasteiger partial charge in [0.05, 0.1) is 11.2 Å². The first kappa shape index (κ1) is 12.7. The lowest BCUT2D eigenvalue weighted by Crippen LogP contribution is -1.96. The molecule has 0 saturated heterocycles. The zero-order chi connectivity index (χ0) is 14.1. The summed E-state index contributed by atoms with van der Waals surface area (Å²) in [6, 6.07) is 13.6. The Kier molecular flexibility index (Phi) is 3.16. The smallest absolute Gasteiger partial charge is 0.148 e. The third-order valence-electron chi connectivity index (χ3n) is 2.91. The molecule has 3 rings (SSSR count). The van der Waals surface area contributed by atoms with Crippen LogP contribution in [0.2, 0.25) is 5.02 Å². The van der Waals surface area contributed by atoms with Crippen molar-refractivity contribution in [1.29, 1.82) is 0 Å². The normalized spacial score (nSPS) is 10.7. The molecule has 0 amide bonds. The second-order valence-corrected chi connectivity index (χ2v) is 4.83. The van der Waals surface area contributed by atoms with E-state index in [2.05, 4.69) is 10.3 Å². The molecule has 0 bridgehead atoms. The number of fused-ring (bicyclic) bond motifs is 1. The number of aromatic nitrogens is 1. The van der Waals surface area contributed by atoms with E-state index < -0.39 is 5.82 Å². The Labute approximate surface area is 120 Å². The van der Waals surface area contributed by atoms with Crippen molar-refractivity contribution < 1.29 is 4.39 Å². The molecule has 0 radical (unpaired) electrons. The summed E-state index contributed by atoms with van der Waals surface area (Å²) in [7, 11) is 0. The molecule has 0 aliphatic carbocycles. The van der Waals surface area contributed by atoms with Gasteiger partial charge in [-0.05, 0) is 48.5 Å². The highest BCUT2D eigenvalue weighted by Crippen LogP contribution is 2.24. The molecule has 3 aromatic rings. The summed E-state index contributed by atoms with van der Waals surface area (Å²) in [5.41, 5.74) is 7.52. The summed E-state index contributed by atoms with van der Waals surface area (Å²) < 4.78 is 13.7. The van der Waals surface area contributed by atoms with Gasteiger partial charge in [-0.1, -0.05) is 11.6 Å². The number of nitrogens with two attached hydrogens (primary N) is 1. The molecule has 1 aromatic heterocycles. The second-order valence-electron chi connectivity index (χ2n) is 4.40. The van der Waals surface area contributed by atoms with Gasteiger partial charge in [0.1, 0.15) is 11.6 Å². The van der Waals surface area contributed by atoms with E-state index in [1.54, 1.807) is 24.3 Å². The molecule has 0 unspecified atom stereocenters. The van der Waals surface area contributed by atoms with Crippen LogP contribution in [0.3, 0.4) is 0 Å². The van der Waals surface area contributed by atoms with Crippen molar-refractivity contribution in [3.05, 3.63) is 59.4 Å². The van der Waals surface area contributed by atoms with Gasteiger partial charge < -0.3 is 11.1 Å². The van der Waals surface area contributed by atoms with Gasteiger partial charge in [-0.15, -0.1) is 0 Å². The Hall–Kier alpha value is -2.33. The quantitative estimate of drug-likeness (QED) is 0.689. The zero-order valence-electron chi connectivity index (χ0n) is 10.4. The van der Waals surface area contributed by atoms with E-state index in [0.717, 1.165) is 10.9 Å². The van der Waals surface area contributed by atoms with Crippen LogP contribution in [0.25, 0.3) is 10.9 Å². The average molecular weight is 288 g/mol. The van der Waals surface area contributed by atoms with Crippen molar-refractivity contribution in [2.45, 2.75) is 0 Å². The Bertz CT molecular complexity index is 789. The van der Waals surface area contributed by atoms with Crippen LogP contribution in [0.5, 0.6) is 0 Å². The number of anilines is 3. The van der Waals surface area contributed by atoms with E-state index in [1.165, 1.54) is 6.07 Å². The van der Waals surface area contributed by atoms with Gasteiger partial charge in [-0.3, -0.25) is 0 Å². The zero-order valence-corrected chi connectivity index (χ0v) is 11.2. The van der Waals surface area contributed by atoms with Gasteiger partial charge in [0.25, 0.3) is 0 Å². The molecule has 2 aromatic carbocycles. The largest absolute Gasteiger partial charge is 0.399 e. The minimum Gasteiger partial charge on any atom is -0.399 e. The highest BCUT2D eigenvalue weighted by Gasteiger charge is 2.05. The van der Waals surface area contributed by atoms with Crippen molar-refractivity contribution >= 4 is 39.7 Å². The van der Waals surface area contributed by atoms with Crippen LogP contribution in [0.4, 0.5) is 21.6 Å². The molecule has 0 fully saturated rings. The maximum Gasteiger partial charge on any atom is 0.148 e. The van der Waals surface area contributed by atoms with Crippen LogP contribution >= 0.6 is 11.6 Å². The van der Waals surface area contributed by atoms with Gasteiger partial charge in [0.15, 0.2) is 0 Å². The fraction of sp³-hybridized carbons (Fsp3) is 0. The Morgan fingerprint density at radius 1 is 1.05 bits per heavy atom. The van der Waals surface area contributed by atoms with E-state index in [4.69, 9.17) is 17.3 Å². The van der Waals surface area contributed by atoms with Crippen molar-refractivity contribution in [3.63, 3.8) is 0 Å². The predicted molar refractivity (Wildman–Crippen MR) is 80.8 cm³/mol. The second kappa shape index (κ2) is 4.98. The molecule has 0 aliphatic rings. The van der Waals surface area contributed by atoms with Crippen LogP contribution in [-0.2, 0) is 0 Å². The van der Waals surface area contributed by atoms with Gasteiger partial charge in [0, 0.05) is 16.1 Å². The molecule has 20 heavy (non-hydrogen) atoms. The number of rotatable bonds is 2. The van der Waals surface area contributed by atoms with Crippen LogP contribution in [0.1, 0.15) is 0 Å². The number of nitrogens with zero attached hydrogens (tertiary/aromatic N) is 1. The van der Waals surface area contributed by atoms with Crippen molar-refractivity contribution in [2.24, 2.45) is 0 Å². The summed E-state index contributed by atoms with van der Waals surface area (Å²) >= 11 is 5.72. The van der Waals surface area contributed by atoms with Crippen LogP contribution < -0.4 is 11.1 Å². The molecule has 0 spiro atoms. The topological polar surface area (TPSA) is 50.9 Å². The van der Waals surface area contributed by atoms with Crippen molar-refractivity contribution in [2.75, 3.05) is 11.1 Å². The third-order valence-corrected chi connectivity index (χ3v) is 3.14.